The number of nitrogens with two attached hydrogens (primary N) is 1. The van der Waals surface area contributed by atoms with Crippen molar-refractivity contribution in [3.8, 4) is 0 Å². The SMILES string of the molecule is COC(=O)c1ccc2c3c(N)ncnc3n(CC(=O)N3[C@@H]4CC[C@@H]4C[C@H]3C(=O)Nc3cccc(Br)n3)c2c1. The number of fused-ring (bicyclic) bond motifs is 4. The molecule has 3 aromatic heterocycles. The molecule has 1 aliphatic carbocycles. The smallest absolute Gasteiger partial charge is 0.337 e. The van der Waals surface area contributed by atoms with E-state index >= 15 is 0 Å². The number of carbonyl (C=O) groups is 3. The lowest BCUT2D eigenvalue weighted by atomic mass is 9.80. The number of likely N-dealkylation sites (tertiary alicyclic amines) is 1. The van der Waals surface area contributed by atoms with E-state index in [1.807, 2.05) is 0 Å². The summed E-state index contributed by atoms with van der Waals surface area (Å²) in [5, 5.41) is 4.18. The van der Waals surface area contributed by atoms with Crippen LogP contribution in [0.2, 0.25) is 0 Å². The van der Waals surface area contributed by atoms with E-state index in [1.54, 1.807) is 45.9 Å². The van der Waals surface area contributed by atoms with Crippen molar-refractivity contribution in [3.05, 3.63) is 52.9 Å². The van der Waals surface area contributed by atoms with Crippen molar-refractivity contribution in [3.63, 3.8) is 0 Å². The number of nitrogens with one attached hydrogen (secondary N) is 1. The van der Waals surface area contributed by atoms with Crippen LogP contribution in [-0.2, 0) is 20.9 Å². The van der Waals surface area contributed by atoms with E-state index in [1.165, 1.54) is 13.4 Å². The van der Waals surface area contributed by atoms with E-state index in [0.717, 1.165) is 18.2 Å². The summed E-state index contributed by atoms with van der Waals surface area (Å²) < 4.78 is 7.22. The summed E-state index contributed by atoms with van der Waals surface area (Å²) in [5.74, 6) is 0.00660. The van der Waals surface area contributed by atoms with Crippen molar-refractivity contribution in [2.75, 3.05) is 18.2 Å². The molecule has 3 atom stereocenters. The molecule has 3 N–H and O–H groups in total. The molecule has 12 heteroatoms. The largest absolute Gasteiger partial charge is 0.465 e. The number of carbonyl (C=O) groups excluding carboxylic acids is 3. The number of halogens is 1. The molecule has 4 heterocycles. The maximum absolute atomic E-state index is 13.9. The molecule has 0 spiro atoms. The van der Waals surface area contributed by atoms with Gasteiger partial charge >= 0.3 is 5.97 Å². The van der Waals surface area contributed by atoms with E-state index in [9.17, 15) is 14.4 Å². The van der Waals surface area contributed by atoms with Crippen LogP contribution in [0.1, 0.15) is 29.6 Å². The molecule has 2 amide bonds. The predicted molar refractivity (Wildman–Crippen MR) is 143 cm³/mol. The lowest BCUT2D eigenvalue weighted by Crippen LogP contribution is -2.50. The van der Waals surface area contributed by atoms with Gasteiger partial charge in [0.25, 0.3) is 0 Å². The summed E-state index contributed by atoms with van der Waals surface area (Å²) in [5.41, 5.74) is 7.61. The number of hydrogen-bond acceptors (Lipinski definition) is 8. The van der Waals surface area contributed by atoms with Crippen molar-refractivity contribution in [1.29, 1.82) is 0 Å². The second-order valence-electron chi connectivity index (χ2n) is 9.56. The number of ether oxygens (including phenoxy) is 1. The zero-order valence-electron chi connectivity index (χ0n) is 20.4. The molecule has 2 fully saturated rings. The van der Waals surface area contributed by atoms with Crippen molar-refractivity contribution in [1.82, 2.24) is 24.4 Å². The number of methoxy groups -OCH3 is 1. The van der Waals surface area contributed by atoms with Crippen molar-refractivity contribution in [2.45, 2.75) is 37.9 Å². The summed E-state index contributed by atoms with van der Waals surface area (Å²) >= 11 is 3.32. The fraction of sp³-hybridized carbons (Fsp3) is 0.308. The van der Waals surface area contributed by atoms with Crippen LogP contribution < -0.4 is 11.1 Å². The highest BCUT2D eigenvalue weighted by molar-refractivity contribution is 9.10. The second kappa shape index (κ2) is 9.35. The average Bonchev–Trinajstić information content (AvgIpc) is 3.34. The number of hydrogen-bond donors (Lipinski definition) is 2. The Morgan fingerprint density at radius 3 is 2.76 bits per heavy atom. The average molecular weight is 578 g/mol. The topological polar surface area (TPSA) is 145 Å². The zero-order valence-corrected chi connectivity index (χ0v) is 22.0. The fourth-order valence-electron chi connectivity index (χ4n) is 5.66. The first-order valence-corrected chi connectivity index (χ1v) is 13.0. The van der Waals surface area contributed by atoms with E-state index in [-0.39, 0.29) is 36.1 Å². The van der Waals surface area contributed by atoms with Crippen LogP contribution >= 0.6 is 15.9 Å². The highest BCUT2D eigenvalue weighted by atomic mass is 79.9. The van der Waals surface area contributed by atoms with Crippen LogP contribution in [0.25, 0.3) is 21.9 Å². The van der Waals surface area contributed by atoms with Gasteiger partial charge in [-0.1, -0.05) is 12.1 Å². The molecule has 11 nitrogen and oxygen atoms in total. The predicted octanol–water partition coefficient (Wildman–Crippen LogP) is 3.13. The minimum absolute atomic E-state index is 0.00661. The molecule has 6 rings (SSSR count). The van der Waals surface area contributed by atoms with Gasteiger partial charge in [-0.2, -0.15) is 0 Å². The summed E-state index contributed by atoms with van der Waals surface area (Å²) in [7, 11) is 1.31. The van der Waals surface area contributed by atoms with Gasteiger partial charge in [0.1, 0.15) is 40.8 Å². The van der Waals surface area contributed by atoms with Crippen LogP contribution in [0.15, 0.2) is 47.3 Å². The number of amides is 2. The Morgan fingerprint density at radius 2 is 2.03 bits per heavy atom. The Balaban J connectivity index is 1.36. The summed E-state index contributed by atoms with van der Waals surface area (Å²) in [4.78, 5) is 54.0. The third-order valence-electron chi connectivity index (χ3n) is 7.54. The maximum Gasteiger partial charge on any atom is 0.337 e. The van der Waals surface area contributed by atoms with Gasteiger partial charge in [0.15, 0.2) is 0 Å². The fourth-order valence-corrected chi connectivity index (χ4v) is 6.00. The van der Waals surface area contributed by atoms with Gasteiger partial charge in [0.05, 0.1) is 23.6 Å². The van der Waals surface area contributed by atoms with E-state index in [4.69, 9.17) is 10.5 Å². The number of nitrogen functional groups attached to an aromatic ring is 1. The van der Waals surface area contributed by atoms with E-state index < -0.39 is 12.0 Å². The molecule has 2 aliphatic rings. The van der Waals surface area contributed by atoms with Gasteiger partial charge in [-0.25, -0.2) is 19.7 Å². The Morgan fingerprint density at radius 1 is 1.18 bits per heavy atom. The second-order valence-corrected chi connectivity index (χ2v) is 10.4. The monoisotopic (exact) mass is 577 g/mol. The van der Waals surface area contributed by atoms with Crippen LogP contribution in [0.3, 0.4) is 0 Å². The van der Waals surface area contributed by atoms with Gasteiger partial charge in [-0.3, -0.25) is 9.59 Å². The zero-order chi connectivity index (χ0) is 26.6. The third-order valence-corrected chi connectivity index (χ3v) is 7.98. The van der Waals surface area contributed by atoms with Gasteiger partial charge < -0.3 is 25.3 Å². The number of rotatable bonds is 5. The Hall–Kier alpha value is -4.06. The Bertz CT molecular complexity index is 1620. The van der Waals surface area contributed by atoms with Crippen LogP contribution in [0, 0.1) is 5.92 Å². The lowest BCUT2D eigenvalue weighted by Gasteiger charge is -2.37. The molecule has 1 aliphatic heterocycles. The first-order chi connectivity index (χ1) is 18.4. The number of benzene rings is 1. The normalized spacial score (nSPS) is 20.3. The molecule has 1 saturated heterocycles. The standard InChI is InChI=1S/C26H24BrN7O4/c1-38-26(37)14-5-7-15-17(10-14)33(24-22(15)23(28)29-12-30-24)11-21(35)34-16-8-6-13(16)9-18(34)25(36)32-20-4-2-3-19(27)31-20/h2-5,7,10,12-13,16,18H,6,8-9,11H2,1H3,(H2,28,29,30)(H,31,32,36)/t13-,16-,18+/m1/s1. The molecule has 0 bridgehead atoms. The Labute approximate surface area is 225 Å². The molecule has 0 unspecified atom stereocenters. The first kappa shape index (κ1) is 24.3. The van der Waals surface area contributed by atoms with Gasteiger partial charge in [0.2, 0.25) is 11.8 Å². The molecule has 0 radical (unpaired) electrons. The minimum atomic E-state index is -0.612. The van der Waals surface area contributed by atoms with E-state index in [2.05, 4.69) is 36.2 Å². The van der Waals surface area contributed by atoms with Crippen LogP contribution in [0.5, 0.6) is 0 Å². The third kappa shape index (κ3) is 3.95. The van der Waals surface area contributed by atoms with Crippen molar-refractivity contribution in [2.24, 2.45) is 5.92 Å². The highest BCUT2D eigenvalue weighted by Gasteiger charge is 2.51. The quantitative estimate of drug-likeness (QED) is 0.272. The summed E-state index contributed by atoms with van der Waals surface area (Å²) in [6.07, 6.45) is 3.78. The van der Waals surface area contributed by atoms with Gasteiger partial charge in [-0.15, -0.1) is 0 Å². The molecule has 1 aromatic carbocycles. The van der Waals surface area contributed by atoms with Crippen molar-refractivity contribution >= 4 is 67.3 Å². The first-order valence-electron chi connectivity index (χ1n) is 12.2. The number of nitrogens with zero attached hydrogens (tertiary/aromatic N) is 5. The lowest BCUT2D eigenvalue weighted by molar-refractivity contribution is -0.140. The molecule has 4 aromatic rings. The van der Waals surface area contributed by atoms with Crippen LogP contribution in [0.4, 0.5) is 11.6 Å². The van der Waals surface area contributed by atoms with E-state index in [0.29, 0.717) is 39.0 Å². The molecule has 38 heavy (non-hydrogen) atoms. The van der Waals surface area contributed by atoms with Crippen LogP contribution in [-0.4, -0.2) is 61.4 Å². The highest BCUT2D eigenvalue weighted by Crippen LogP contribution is 2.44. The minimum Gasteiger partial charge on any atom is -0.465 e. The molecule has 1 saturated carbocycles. The van der Waals surface area contributed by atoms with Crippen molar-refractivity contribution < 1.29 is 19.1 Å². The maximum atomic E-state index is 13.9. The number of aromatic nitrogens is 4. The molecular weight excluding hydrogens is 554 g/mol. The summed E-state index contributed by atoms with van der Waals surface area (Å²) in [6.45, 7) is -0.0801. The van der Waals surface area contributed by atoms with Gasteiger partial charge in [0, 0.05) is 11.4 Å². The molecule has 194 valence electrons. The van der Waals surface area contributed by atoms with Gasteiger partial charge in [-0.05, 0) is 65.4 Å². The number of pyridine rings is 1. The Kier molecular flexibility index (Phi) is 5.98. The molecular formula is C26H24BrN7O4. The number of esters is 1. The number of anilines is 2. The summed E-state index contributed by atoms with van der Waals surface area (Å²) in [6, 6.07) is 9.72.